The molecule has 1 nitrogen and oxygen atoms in total. The van der Waals surface area contributed by atoms with E-state index in [0.717, 1.165) is 18.4 Å². The van der Waals surface area contributed by atoms with E-state index in [1.54, 1.807) is 0 Å². The highest BCUT2D eigenvalue weighted by Gasteiger charge is 2.43. The van der Waals surface area contributed by atoms with E-state index in [2.05, 4.69) is 66.4 Å². The van der Waals surface area contributed by atoms with Gasteiger partial charge in [-0.25, -0.2) is 0 Å². The fraction of sp³-hybridized carbons (Fsp3) is 0.364. The summed E-state index contributed by atoms with van der Waals surface area (Å²) in [5, 5.41) is 17.9. The summed E-state index contributed by atoms with van der Waals surface area (Å²) in [4.78, 5) is 0. The molecular formula is C22H22OS. The summed E-state index contributed by atoms with van der Waals surface area (Å²) in [5.41, 5.74) is 0.471. The van der Waals surface area contributed by atoms with Gasteiger partial charge in [0.1, 0.15) is 0 Å². The molecule has 2 bridgehead atoms. The maximum atomic E-state index is 11.7. The zero-order valence-electron chi connectivity index (χ0n) is 13.7. The van der Waals surface area contributed by atoms with Crippen molar-refractivity contribution in [2.24, 2.45) is 0 Å². The third-order valence-electron chi connectivity index (χ3n) is 5.84. The second-order valence-corrected chi connectivity index (χ2v) is 9.05. The monoisotopic (exact) mass is 334 g/mol. The number of fused-ring (bicyclic) bond motifs is 5. The van der Waals surface area contributed by atoms with E-state index < -0.39 is 5.60 Å². The van der Waals surface area contributed by atoms with Gasteiger partial charge in [0, 0.05) is 10.5 Å². The first-order valence-electron chi connectivity index (χ1n) is 9.02. The zero-order chi connectivity index (χ0) is 16.1. The standard InChI is InChI=1S/C22H22OS/c23-22(13-16-7-5-8-17(14-22)24-16)21-12-15-6-1-2-9-18(15)19-10-3-4-11-20(19)21/h1-4,6,9-12,16-17,23H,5,7-8,13-14H2. The summed E-state index contributed by atoms with van der Waals surface area (Å²) in [6.07, 6.45) is 5.65. The molecule has 0 aromatic heterocycles. The summed E-state index contributed by atoms with van der Waals surface area (Å²) in [6, 6.07) is 19.4. The Morgan fingerprint density at radius 2 is 1.46 bits per heavy atom. The summed E-state index contributed by atoms with van der Waals surface area (Å²) >= 11 is 2.12. The Hall–Kier alpha value is -1.51. The van der Waals surface area contributed by atoms with Crippen molar-refractivity contribution in [3.8, 4) is 0 Å². The molecule has 2 saturated heterocycles. The molecule has 0 saturated carbocycles. The highest BCUT2D eigenvalue weighted by atomic mass is 32.2. The third kappa shape index (κ3) is 2.28. The van der Waals surface area contributed by atoms with Crippen LogP contribution in [0.5, 0.6) is 0 Å². The van der Waals surface area contributed by atoms with Crippen LogP contribution in [0.25, 0.3) is 21.5 Å². The van der Waals surface area contributed by atoms with Crippen molar-refractivity contribution in [1.82, 2.24) is 0 Å². The second-order valence-electron chi connectivity index (χ2n) is 7.44. The van der Waals surface area contributed by atoms with E-state index in [1.807, 2.05) is 0 Å². The Labute approximate surface area is 147 Å². The van der Waals surface area contributed by atoms with Gasteiger partial charge in [-0.3, -0.25) is 0 Å². The first-order chi connectivity index (χ1) is 11.7. The maximum absolute atomic E-state index is 11.7. The first kappa shape index (κ1) is 14.8. The van der Waals surface area contributed by atoms with Gasteiger partial charge in [0.05, 0.1) is 5.60 Å². The predicted octanol–water partition coefficient (Wildman–Crippen LogP) is 5.63. The summed E-state index contributed by atoms with van der Waals surface area (Å²) in [6.45, 7) is 0. The Bertz CT molecular complexity index is 904. The van der Waals surface area contributed by atoms with E-state index in [4.69, 9.17) is 0 Å². The molecule has 24 heavy (non-hydrogen) atoms. The van der Waals surface area contributed by atoms with Gasteiger partial charge >= 0.3 is 0 Å². The fourth-order valence-corrected chi connectivity index (χ4v) is 6.67. The van der Waals surface area contributed by atoms with Crippen molar-refractivity contribution in [2.75, 3.05) is 0 Å². The van der Waals surface area contributed by atoms with Gasteiger partial charge in [-0.2, -0.15) is 11.8 Å². The largest absolute Gasteiger partial charge is 0.385 e. The molecule has 0 amide bonds. The minimum absolute atomic E-state index is 0.618. The van der Waals surface area contributed by atoms with Gasteiger partial charge in [-0.05, 0) is 58.9 Å². The van der Waals surface area contributed by atoms with Gasteiger partial charge in [-0.15, -0.1) is 0 Å². The number of hydrogen-bond acceptors (Lipinski definition) is 2. The molecule has 2 unspecified atom stereocenters. The van der Waals surface area contributed by atoms with Crippen LogP contribution in [0.15, 0.2) is 54.6 Å². The van der Waals surface area contributed by atoms with Crippen LogP contribution < -0.4 is 0 Å². The van der Waals surface area contributed by atoms with Crippen LogP contribution >= 0.6 is 11.8 Å². The molecule has 0 aliphatic carbocycles. The van der Waals surface area contributed by atoms with Gasteiger partial charge in [-0.1, -0.05) is 55.0 Å². The minimum atomic E-state index is -0.676. The minimum Gasteiger partial charge on any atom is -0.385 e. The van der Waals surface area contributed by atoms with Crippen LogP contribution in [0.4, 0.5) is 0 Å². The van der Waals surface area contributed by atoms with Crippen LogP contribution in [-0.2, 0) is 5.60 Å². The molecule has 3 aromatic rings. The van der Waals surface area contributed by atoms with Crippen LogP contribution in [0.3, 0.4) is 0 Å². The predicted molar refractivity (Wildman–Crippen MR) is 104 cm³/mol. The number of thioether (sulfide) groups is 1. The lowest BCUT2D eigenvalue weighted by Gasteiger charge is -2.44. The molecule has 2 heterocycles. The normalized spacial score (nSPS) is 29.9. The molecule has 5 rings (SSSR count). The molecule has 2 aliphatic rings. The summed E-state index contributed by atoms with van der Waals surface area (Å²) in [5.74, 6) is 0. The highest BCUT2D eigenvalue weighted by Crippen LogP contribution is 2.51. The fourth-order valence-electron chi connectivity index (χ4n) is 4.78. The maximum Gasteiger partial charge on any atom is 0.0923 e. The summed E-state index contributed by atoms with van der Waals surface area (Å²) in [7, 11) is 0. The van der Waals surface area contributed by atoms with Gasteiger partial charge < -0.3 is 5.11 Å². The molecule has 2 heteroatoms. The summed E-state index contributed by atoms with van der Waals surface area (Å²) < 4.78 is 0. The Morgan fingerprint density at radius 1 is 0.833 bits per heavy atom. The SMILES string of the molecule is OC1(c2cc3ccccc3c3ccccc23)CC2CCCC(C1)S2. The van der Waals surface area contributed by atoms with Crippen molar-refractivity contribution in [2.45, 2.75) is 48.2 Å². The molecule has 2 aliphatic heterocycles. The second kappa shape index (κ2) is 5.50. The van der Waals surface area contributed by atoms with E-state index in [-0.39, 0.29) is 0 Å². The lowest BCUT2D eigenvalue weighted by molar-refractivity contribution is 0.00964. The lowest BCUT2D eigenvalue weighted by atomic mass is 9.78. The molecule has 1 N–H and O–H groups in total. The Kier molecular flexibility index (Phi) is 3.39. The molecule has 0 spiro atoms. The van der Waals surface area contributed by atoms with Crippen LogP contribution in [0, 0.1) is 0 Å². The highest BCUT2D eigenvalue weighted by molar-refractivity contribution is 8.00. The van der Waals surface area contributed by atoms with Gasteiger partial charge in [0.15, 0.2) is 0 Å². The van der Waals surface area contributed by atoms with Crippen LogP contribution in [-0.4, -0.2) is 15.6 Å². The quantitative estimate of drug-likeness (QED) is 0.582. The van der Waals surface area contributed by atoms with Crippen molar-refractivity contribution in [3.63, 3.8) is 0 Å². The van der Waals surface area contributed by atoms with Crippen molar-refractivity contribution < 1.29 is 5.11 Å². The van der Waals surface area contributed by atoms with E-state index in [9.17, 15) is 5.11 Å². The van der Waals surface area contributed by atoms with Crippen molar-refractivity contribution in [3.05, 3.63) is 60.2 Å². The Morgan fingerprint density at radius 3 is 2.21 bits per heavy atom. The lowest BCUT2D eigenvalue weighted by Crippen LogP contribution is -2.40. The van der Waals surface area contributed by atoms with E-state index >= 15 is 0 Å². The molecule has 2 fully saturated rings. The first-order valence-corrected chi connectivity index (χ1v) is 9.96. The van der Waals surface area contributed by atoms with Crippen molar-refractivity contribution >= 4 is 33.3 Å². The Balaban J connectivity index is 1.76. The molecular weight excluding hydrogens is 312 g/mol. The van der Waals surface area contributed by atoms with Gasteiger partial charge in [0.2, 0.25) is 0 Å². The zero-order valence-corrected chi connectivity index (χ0v) is 14.6. The molecule has 3 aromatic carbocycles. The van der Waals surface area contributed by atoms with Gasteiger partial charge in [0.25, 0.3) is 0 Å². The average Bonchev–Trinajstić information content (AvgIpc) is 2.60. The molecule has 2 atom stereocenters. The van der Waals surface area contributed by atoms with E-state index in [0.29, 0.717) is 10.5 Å². The third-order valence-corrected chi connectivity index (χ3v) is 7.41. The number of benzene rings is 3. The number of rotatable bonds is 1. The number of aliphatic hydroxyl groups is 1. The molecule has 122 valence electrons. The smallest absolute Gasteiger partial charge is 0.0923 e. The average molecular weight is 334 g/mol. The van der Waals surface area contributed by atoms with Crippen LogP contribution in [0.2, 0.25) is 0 Å². The van der Waals surface area contributed by atoms with E-state index in [1.165, 1.54) is 40.8 Å². The molecule has 0 radical (unpaired) electrons. The van der Waals surface area contributed by atoms with Crippen molar-refractivity contribution in [1.29, 1.82) is 0 Å². The number of hydrogen-bond donors (Lipinski definition) is 1. The topological polar surface area (TPSA) is 20.2 Å². The van der Waals surface area contributed by atoms with Crippen LogP contribution in [0.1, 0.15) is 37.7 Å².